The number of nitrogens with one attached hydrogen (secondary N) is 1. The minimum Gasteiger partial charge on any atom is -0.493 e. The molecule has 6 nitrogen and oxygen atoms in total. The molecule has 7 heteroatoms. The van der Waals surface area contributed by atoms with Gasteiger partial charge in [0.1, 0.15) is 6.61 Å². The van der Waals surface area contributed by atoms with Crippen molar-refractivity contribution in [3.05, 3.63) is 82.6 Å². The topological polar surface area (TPSA) is 77.6 Å². The maximum absolute atomic E-state index is 12.2. The molecule has 0 aliphatic heterocycles. The number of benzene rings is 2. The third-order valence-electron chi connectivity index (χ3n) is 3.94. The fraction of sp³-hybridized carbons (Fsp3) is 0.143. The molecule has 144 valence electrons. The molecule has 1 heterocycles. The van der Waals surface area contributed by atoms with Crippen LogP contribution in [0.5, 0.6) is 11.5 Å². The van der Waals surface area contributed by atoms with E-state index < -0.39 is 5.97 Å². The van der Waals surface area contributed by atoms with Gasteiger partial charge < -0.3 is 19.2 Å². The van der Waals surface area contributed by atoms with Crippen molar-refractivity contribution in [2.45, 2.75) is 6.61 Å². The predicted octanol–water partition coefficient (Wildman–Crippen LogP) is 4.30. The number of carbonyl (C=O) groups excluding carboxylic acids is 2. The van der Waals surface area contributed by atoms with E-state index in [9.17, 15) is 9.59 Å². The van der Waals surface area contributed by atoms with E-state index in [1.807, 2.05) is 12.1 Å². The van der Waals surface area contributed by atoms with E-state index in [0.717, 1.165) is 5.56 Å². The zero-order valence-electron chi connectivity index (χ0n) is 15.1. The van der Waals surface area contributed by atoms with E-state index in [1.54, 1.807) is 42.6 Å². The highest BCUT2D eigenvalue weighted by atomic mass is 35.5. The smallest absolute Gasteiger partial charge is 0.338 e. The number of H-pyrrole nitrogens is 1. The molecule has 0 bridgehead atoms. The summed E-state index contributed by atoms with van der Waals surface area (Å²) in [6.45, 7) is -0.0293. The van der Waals surface area contributed by atoms with E-state index in [2.05, 4.69) is 4.98 Å². The first-order valence-electron chi connectivity index (χ1n) is 8.46. The lowest BCUT2D eigenvalue weighted by Crippen LogP contribution is -2.14. The van der Waals surface area contributed by atoms with Crippen LogP contribution in [-0.4, -0.2) is 30.5 Å². The Hall–Kier alpha value is -3.25. The molecule has 0 saturated carbocycles. The molecule has 0 radical (unpaired) electrons. The van der Waals surface area contributed by atoms with Crippen LogP contribution in [0.1, 0.15) is 26.4 Å². The number of ketones is 1. The SMILES string of the molecule is COc1cc(C(=O)OCC(=O)c2ccc[nH]2)ccc1OCc1ccc(Cl)cc1. The first-order valence-corrected chi connectivity index (χ1v) is 8.83. The molecule has 3 aromatic rings. The molecule has 2 aromatic carbocycles. The van der Waals surface area contributed by atoms with Gasteiger partial charge in [0.15, 0.2) is 18.1 Å². The van der Waals surface area contributed by atoms with Crippen molar-refractivity contribution in [1.82, 2.24) is 4.98 Å². The molecule has 0 atom stereocenters. The molecule has 0 unspecified atom stereocenters. The number of Topliss-reactive ketones (excluding diaryl/α,β-unsaturated/α-hetero) is 1. The average molecular weight is 400 g/mol. The van der Waals surface area contributed by atoms with Gasteiger partial charge >= 0.3 is 5.97 Å². The second kappa shape index (κ2) is 9.10. The van der Waals surface area contributed by atoms with Gasteiger partial charge in [0.25, 0.3) is 0 Å². The van der Waals surface area contributed by atoms with Crippen LogP contribution in [0.2, 0.25) is 5.02 Å². The number of hydrogen-bond acceptors (Lipinski definition) is 5. The number of aromatic nitrogens is 1. The van der Waals surface area contributed by atoms with Gasteiger partial charge in [-0.2, -0.15) is 0 Å². The molecule has 28 heavy (non-hydrogen) atoms. The van der Waals surface area contributed by atoms with Crippen LogP contribution in [0.25, 0.3) is 0 Å². The lowest BCUT2D eigenvalue weighted by atomic mass is 10.2. The summed E-state index contributed by atoms with van der Waals surface area (Å²) in [6, 6.07) is 15.3. The van der Waals surface area contributed by atoms with Crippen molar-refractivity contribution in [1.29, 1.82) is 0 Å². The van der Waals surface area contributed by atoms with Gasteiger partial charge in [-0.1, -0.05) is 23.7 Å². The van der Waals surface area contributed by atoms with Crippen molar-refractivity contribution in [3.8, 4) is 11.5 Å². The number of ether oxygens (including phenoxy) is 3. The summed E-state index contributed by atoms with van der Waals surface area (Å²) in [7, 11) is 1.48. The number of aromatic amines is 1. The standard InChI is InChI=1S/C21H18ClNO5/c1-26-20-11-15(21(25)28-13-18(24)17-3-2-10-23-17)6-9-19(20)27-12-14-4-7-16(22)8-5-14/h2-11,23H,12-13H2,1H3. The Balaban J connectivity index is 1.62. The fourth-order valence-electron chi connectivity index (χ4n) is 2.45. The highest BCUT2D eigenvalue weighted by molar-refractivity contribution is 6.30. The van der Waals surface area contributed by atoms with Crippen LogP contribution < -0.4 is 9.47 Å². The quantitative estimate of drug-likeness (QED) is 0.451. The number of methoxy groups -OCH3 is 1. The Morgan fingerprint density at radius 3 is 2.50 bits per heavy atom. The van der Waals surface area contributed by atoms with Gasteiger partial charge in [0.2, 0.25) is 5.78 Å². The molecule has 1 N–H and O–H groups in total. The summed E-state index contributed by atoms with van der Waals surface area (Å²) in [5.41, 5.74) is 1.59. The van der Waals surface area contributed by atoms with Gasteiger partial charge in [-0.3, -0.25) is 4.79 Å². The average Bonchev–Trinajstić information content (AvgIpc) is 3.26. The Morgan fingerprint density at radius 2 is 1.82 bits per heavy atom. The zero-order valence-corrected chi connectivity index (χ0v) is 15.9. The molecule has 0 spiro atoms. The molecule has 1 aromatic heterocycles. The summed E-state index contributed by atoms with van der Waals surface area (Å²) in [6.07, 6.45) is 1.63. The van der Waals surface area contributed by atoms with E-state index in [-0.39, 0.29) is 18.0 Å². The van der Waals surface area contributed by atoms with Crippen LogP contribution >= 0.6 is 11.6 Å². The molecule has 0 aliphatic carbocycles. The summed E-state index contributed by atoms with van der Waals surface area (Å²) >= 11 is 5.87. The Kier molecular flexibility index (Phi) is 6.34. The van der Waals surface area contributed by atoms with Crippen molar-refractivity contribution >= 4 is 23.4 Å². The monoisotopic (exact) mass is 399 g/mol. The van der Waals surface area contributed by atoms with Crippen molar-refractivity contribution in [2.24, 2.45) is 0 Å². The Morgan fingerprint density at radius 1 is 1.04 bits per heavy atom. The second-order valence-corrected chi connectivity index (χ2v) is 6.30. The van der Waals surface area contributed by atoms with Crippen molar-refractivity contribution in [3.63, 3.8) is 0 Å². The van der Waals surface area contributed by atoms with E-state index in [1.165, 1.54) is 13.2 Å². The van der Waals surface area contributed by atoms with Crippen LogP contribution in [0.3, 0.4) is 0 Å². The third kappa shape index (κ3) is 4.92. The van der Waals surface area contributed by atoms with Gasteiger partial charge in [-0.25, -0.2) is 4.79 Å². The van der Waals surface area contributed by atoms with Crippen molar-refractivity contribution in [2.75, 3.05) is 13.7 Å². The van der Waals surface area contributed by atoms with Gasteiger partial charge in [0.05, 0.1) is 18.4 Å². The number of carbonyl (C=O) groups is 2. The number of rotatable bonds is 8. The highest BCUT2D eigenvalue weighted by Gasteiger charge is 2.15. The van der Waals surface area contributed by atoms with E-state index in [0.29, 0.717) is 28.8 Å². The van der Waals surface area contributed by atoms with Gasteiger partial charge in [-0.15, -0.1) is 0 Å². The minimum absolute atomic E-state index is 0.259. The third-order valence-corrected chi connectivity index (χ3v) is 4.19. The summed E-state index contributed by atoms with van der Waals surface area (Å²) in [5.74, 6) is -0.0636. The molecule has 0 fully saturated rings. The van der Waals surface area contributed by atoms with Gasteiger partial charge in [0, 0.05) is 11.2 Å². The van der Waals surface area contributed by atoms with E-state index >= 15 is 0 Å². The summed E-state index contributed by atoms with van der Waals surface area (Å²) in [4.78, 5) is 26.9. The molecule has 0 saturated heterocycles. The Bertz CT molecular complexity index is 951. The maximum atomic E-state index is 12.2. The molecular weight excluding hydrogens is 382 g/mol. The summed E-state index contributed by atoms with van der Waals surface area (Å²) < 4.78 is 16.1. The number of hydrogen-bond donors (Lipinski definition) is 1. The Labute approximate surface area is 167 Å². The van der Waals surface area contributed by atoms with Crippen LogP contribution in [0.4, 0.5) is 0 Å². The normalized spacial score (nSPS) is 10.4. The van der Waals surface area contributed by atoms with Gasteiger partial charge in [-0.05, 0) is 48.0 Å². The first kappa shape index (κ1) is 19.5. The largest absolute Gasteiger partial charge is 0.493 e. The van der Waals surface area contributed by atoms with Crippen LogP contribution in [0.15, 0.2) is 60.8 Å². The number of esters is 1. The first-order chi connectivity index (χ1) is 13.6. The zero-order chi connectivity index (χ0) is 19.9. The van der Waals surface area contributed by atoms with Crippen LogP contribution in [0, 0.1) is 0 Å². The lowest BCUT2D eigenvalue weighted by Gasteiger charge is -2.12. The van der Waals surface area contributed by atoms with Crippen molar-refractivity contribution < 1.29 is 23.8 Å². The fourth-order valence-corrected chi connectivity index (χ4v) is 2.58. The highest BCUT2D eigenvalue weighted by Crippen LogP contribution is 2.29. The maximum Gasteiger partial charge on any atom is 0.338 e. The van der Waals surface area contributed by atoms with Crippen LogP contribution in [-0.2, 0) is 11.3 Å². The number of halogens is 1. The molecule has 3 rings (SSSR count). The molecule has 0 aliphatic rings. The summed E-state index contributed by atoms with van der Waals surface area (Å²) in [5, 5.41) is 0.652. The second-order valence-electron chi connectivity index (χ2n) is 5.86. The van der Waals surface area contributed by atoms with E-state index in [4.69, 9.17) is 25.8 Å². The minimum atomic E-state index is -0.623. The predicted molar refractivity (Wildman–Crippen MR) is 104 cm³/mol. The molecule has 0 amide bonds. The lowest BCUT2D eigenvalue weighted by molar-refractivity contribution is 0.0473. The molecular formula is C21H18ClNO5.